The number of nitrogens with one attached hydrogen (secondary N) is 2. The van der Waals surface area contributed by atoms with Gasteiger partial charge in [0, 0.05) is 37.0 Å². The lowest BCUT2D eigenvalue weighted by Crippen LogP contribution is -2.23. The zero-order valence-corrected chi connectivity index (χ0v) is 20.8. The minimum absolute atomic E-state index is 0.0204. The van der Waals surface area contributed by atoms with Gasteiger partial charge in [0.05, 0.1) is 5.69 Å². The summed E-state index contributed by atoms with van der Waals surface area (Å²) in [7, 11) is 0. The third-order valence-corrected chi connectivity index (χ3v) is 6.35. The first kappa shape index (κ1) is 24.9. The zero-order valence-electron chi connectivity index (χ0n) is 20.8. The number of carbonyl (C=O) groups excluding carboxylic acids is 2. The molecular weight excluding hydrogens is 453 g/mol. The number of benzene rings is 3. The predicted octanol–water partition coefficient (Wildman–Crippen LogP) is 6.11. The van der Waals surface area contributed by atoms with Crippen LogP contribution in [0.25, 0.3) is 16.9 Å². The monoisotopic (exact) mass is 483 g/mol. The van der Waals surface area contributed by atoms with Gasteiger partial charge < -0.3 is 15.2 Å². The highest BCUT2D eigenvalue weighted by Gasteiger charge is 2.14. The van der Waals surface area contributed by atoms with E-state index < -0.39 is 0 Å². The van der Waals surface area contributed by atoms with Crippen LogP contribution in [-0.4, -0.2) is 16.4 Å². The quantitative estimate of drug-likeness (QED) is 0.318. The van der Waals surface area contributed by atoms with E-state index in [-0.39, 0.29) is 17.6 Å². The molecule has 3 aromatic carbocycles. The molecule has 184 valence electrons. The number of hydrogen-bond donors (Lipinski definition) is 2. The summed E-state index contributed by atoms with van der Waals surface area (Å²) in [6.45, 7) is 6.10. The number of carbonyl (C=O) groups is 2. The van der Waals surface area contributed by atoms with Crippen molar-refractivity contribution >= 4 is 17.5 Å². The first-order valence-electron chi connectivity index (χ1n) is 12.0. The highest BCUT2D eigenvalue weighted by Crippen LogP contribution is 2.28. The second-order valence-corrected chi connectivity index (χ2v) is 8.92. The maximum atomic E-state index is 13.5. The minimum Gasteiger partial charge on any atom is -0.352 e. The summed E-state index contributed by atoms with van der Waals surface area (Å²) in [5, 5.41) is 5.81. The largest absolute Gasteiger partial charge is 0.352 e. The van der Waals surface area contributed by atoms with Crippen molar-refractivity contribution in [1.29, 1.82) is 0 Å². The van der Waals surface area contributed by atoms with Gasteiger partial charge in [-0.05, 0) is 103 Å². The van der Waals surface area contributed by atoms with Crippen LogP contribution < -0.4 is 10.6 Å². The van der Waals surface area contributed by atoms with Crippen LogP contribution in [0.5, 0.6) is 0 Å². The molecule has 4 rings (SSSR count). The fourth-order valence-corrected chi connectivity index (χ4v) is 4.25. The van der Waals surface area contributed by atoms with Crippen molar-refractivity contribution in [1.82, 2.24) is 9.88 Å². The maximum absolute atomic E-state index is 13.5. The third kappa shape index (κ3) is 5.89. The Hall–Kier alpha value is -4.19. The van der Waals surface area contributed by atoms with Gasteiger partial charge in [-0.15, -0.1) is 0 Å². The standard InChI is InChI=1S/C30H30FN3O2/c1-20-5-4-6-24(21(20)2)19-32-30(36)18-16-28-15-17-29(23-7-9-25(31)10-8-23)34(28)27-13-11-26(12-14-27)33-22(3)35/h4-15,17H,16,18-19H2,1-3H3,(H,32,36)(H,33,35). The molecular formula is C30H30FN3O2. The normalized spacial score (nSPS) is 10.8. The molecule has 0 fully saturated rings. The SMILES string of the molecule is CC(=O)Nc1ccc(-n2c(CCC(=O)NCc3cccc(C)c3C)ccc2-c2ccc(F)cc2)cc1. The molecule has 6 heteroatoms. The van der Waals surface area contributed by atoms with Crippen LogP contribution in [0.3, 0.4) is 0 Å². The van der Waals surface area contributed by atoms with E-state index in [1.807, 2.05) is 48.5 Å². The number of hydrogen-bond acceptors (Lipinski definition) is 2. The van der Waals surface area contributed by atoms with Crippen molar-refractivity contribution < 1.29 is 14.0 Å². The van der Waals surface area contributed by atoms with Gasteiger partial charge in [0.15, 0.2) is 0 Å². The maximum Gasteiger partial charge on any atom is 0.221 e. The van der Waals surface area contributed by atoms with Crippen LogP contribution in [0.1, 0.15) is 35.7 Å². The van der Waals surface area contributed by atoms with Gasteiger partial charge in [0.1, 0.15) is 5.82 Å². The molecule has 2 amide bonds. The topological polar surface area (TPSA) is 63.1 Å². The Balaban J connectivity index is 1.55. The highest BCUT2D eigenvalue weighted by molar-refractivity contribution is 5.88. The highest BCUT2D eigenvalue weighted by atomic mass is 19.1. The number of nitrogens with zero attached hydrogens (tertiary/aromatic N) is 1. The second-order valence-electron chi connectivity index (χ2n) is 8.92. The first-order chi connectivity index (χ1) is 17.3. The molecule has 2 N–H and O–H groups in total. The lowest BCUT2D eigenvalue weighted by Gasteiger charge is -2.15. The van der Waals surface area contributed by atoms with Crippen LogP contribution >= 0.6 is 0 Å². The summed E-state index contributed by atoms with van der Waals surface area (Å²) < 4.78 is 15.6. The Morgan fingerprint density at radius 2 is 1.61 bits per heavy atom. The molecule has 5 nitrogen and oxygen atoms in total. The van der Waals surface area contributed by atoms with Crippen molar-refractivity contribution in [3.05, 3.63) is 107 Å². The zero-order chi connectivity index (χ0) is 25.7. The molecule has 0 saturated heterocycles. The van der Waals surface area contributed by atoms with E-state index in [0.717, 1.165) is 28.2 Å². The molecule has 36 heavy (non-hydrogen) atoms. The fourth-order valence-electron chi connectivity index (χ4n) is 4.25. The molecule has 0 aliphatic carbocycles. The van der Waals surface area contributed by atoms with E-state index in [1.165, 1.54) is 30.2 Å². The first-order valence-corrected chi connectivity index (χ1v) is 12.0. The van der Waals surface area contributed by atoms with Crippen molar-refractivity contribution in [3.8, 4) is 16.9 Å². The van der Waals surface area contributed by atoms with Gasteiger partial charge >= 0.3 is 0 Å². The van der Waals surface area contributed by atoms with E-state index in [2.05, 4.69) is 35.1 Å². The molecule has 4 aromatic rings. The van der Waals surface area contributed by atoms with E-state index in [4.69, 9.17) is 0 Å². The van der Waals surface area contributed by atoms with Crippen LogP contribution in [0.4, 0.5) is 10.1 Å². The Kier molecular flexibility index (Phi) is 7.64. The number of halogens is 1. The van der Waals surface area contributed by atoms with E-state index >= 15 is 0 Å². The molecule has 0 unspecified atom stereocenters. The Morgan fingerprint density at radius 1 is 0.889 bits per heavy atom. The van der Waals surface area contributed by atoms with Gasteiger partial charge in [-0.3, -0.25) is 9.59 Å². The lowest BCUT2D eigenvalue weighted by atomic mass is 10.0. The molecule has 0 atom stereocenters. The van der Waals surface area contributed by atoms with Crippen LogP contribution in [0, 0.1) is 19.7 Å². The molecule has 0 aliphatic heterocycles. The molecule has 0 bridgehead atoms. The van der Waals surface area contributed by atoms with E-state index in [1.54, 1.807) is 12.1 Å². The fraction of sp³-hybridized carbons (Fsp3) is 0.200. The summed E-state index contributed by atoms with van der Waals surface area (Å²) in [4.78, 5) is 24.1. The Bertz CT molecular complexity index is 1370. The second kappa shape index (κ2) is 11.0. The van der Waals surface area contributed by atoms with Crippen molar-refractivity contribution in [3.63, 3.8) is 0 Å². The van der Waals surface area contributed by atoms with Crippen LogP contribution in [0.15, 0.2) is 78.9 Å². The lowest BCUT2D eigenvalue weighted by molar-refractivity contribution is -0.121. The summed E-state index contributed by atoms with van der Waals surface area (Å²) in [6, 6.07) is 24.0. The molecule has 0 saturated carbocycles. The number of aryl methyl sites for hydroxylation is 2. The summed E-state index contributed by atoms with van der Waals surface area (Å²) in [5.74, 6) is -0.450. The average Bonchev–Trinajstić information content (AvgIpc) is 3.28. The van der Waals surface area contributed by atoms with Gasteiger partial charge in [-0.2, -0.15) is 0 Å². The molecule has 0 spiro atoms. The van der Waals surface area contributed by atoms with Crippen molar-refractivity contribution in [2.24, 2.45) is 0 Å². The Labute approximate surface area is 211 Å². The molecule has 1 heterocycles. The summed E-state index contributed by atoms with van der Waals surface area (Å²) in [6.07, 6.45) is 0.870. The smallest absolute Gasteiger partial charge is 0.221 e. The number of anilines is 1. The van der Waals surface area contributed by atoms with E-state index in [0.29, 0.717) is 25.1 Å². The van der Waals surface area contributed by atoms with Gasteiger partial charge in [0.25, 0.3) is 0 Å². The van der Waals surface area contributed by atoms with Crippen LogP contribution in [0.2, 0.25) is 0 Å². The Morgan fingerprint density at radius 3 is 2.31 bits per heavy atom. The number of amides is 2. The molecule has 0 radical (unpaired) electrons. The average molecular weight is 484 g/mol. The van der Waals surface area contributed by atoms with Gasteiger partial charge in [-0.25, -0.2) is 4.39 Å². The van der Waals surface area contributed by atoms with E-state index in [9.17, 15) is 14.0 Å². The predicted molar refractivity (Wildman–Crippen MR) is 142 cm³/mol. The third-order valence-electron chi connectivity index (χ3n) is 6.35. The number of aromatic nitrogens is 1. The number of rotatable bonds is 8. The summed E-state index contributed by atoms with van der Waals surface area (Å²) in [5.41, 5.74) is 7.83. The molecule has 0 aliphatic rings. The van der Waals surface area contributed by atoms with Crippen LogP contribution in [-0.2, 0) is 22.6 Å². The molecule has 1 aromatic heterocycles. The summed E-state index contributed by atoms with van der Waals surface area (Å²) >= 11 is 0. The van der Waals surface area contributed by atoms with Gasteiger partial charge in [0.2, 0.25) is 11.8 Å². The van der Waals surface area contributed by atoms with Crippen molar-refractivity contribution in [2.75, 3.05) is 5.32 Å². The van der Waals surface area contributed by atoms with Crippen molar-refractivity contribution in [2.45, 2.75) is 40.2 Å². The van der Waals surface area contributed by atoms with Gasteiger partial charge in [-0.1, -0.05) is 18.2 Å². The minimum atomic E-state index is -0.294.